The highest BCUT2D eigenvalue weighted by atomic mass is 32.2. The molecule has 1 aromatic carbocycles. The van der Waals surface area contributed by atoms with Crippen LogP contribution in [0.2, 0.25) is 0 Å². The van der Waals surface area contributed by atoms with E-state index in [-0.39, 0.29) is 37.6 Å². The molecule has 1 unspecified atom stereocenters. The number of hydrogen-bond donors (Lipinski definition) is 2. The van der Waals surface area contributed by atoms with Crippen molar-refractivity contribution in [3.05, 3.63) is 40.6 Å². The molecular formula is C33H46F3N7O5S. The summed E-state index contributed by atoms with van der Waals surface area (Å²) in [5.74, 6) is -0.178. The lowest BCUT2D eigenvalue weighted by Gasteiger charge is -2.36. The number of hydrogen-bond acceptors (Lipinski definition) is 8. The number of aromatic nitrogens is 2. The van der Waals surface area contributed by atoms with Crippen molar-refractivity contribution < 1.29 is 36.3 Å². The van der Waals surface area contributed by atoms with Crippen LogP contribution in [0.4, 0.5) is 13.2 Å². The third-order valence-corrected chi connectivity index (χ3v) is 11.5. The van der Waals surface area contributed by atoms with Gasteiger partial charge in [-0.1, -0.05) is 6.07 Å². The molecule has 5 heterocycles. The lowest BCUT2D eigenvalue weighted by atomic mass is 9.97. The molecule has 2 aromatic rings. The summed E-state index contributed by atoms with van der Waals surface area (Å²) in [6.45, 7) is 4.94. The Balaban J connectivity index is 1.18. The van der Waals surface area contributed by atoms with Crippen molar-refractivity contribution in [1.29, 1.82) is 0 Å². The summed E-state index contributed by atoms with van der Waals surface area (Å²) in [4.78, 5) is 31.0. The quantitative estimate of drug-likeness (QED) is 0.363. The molecule has 4 aliphatic heterocycles. The maximum absolute atomic E-state index is 14.1. The average molecular weight is 710 g/mol. The van der Waals surface area contributed by atoms with Gasteiger partial charge in [-0.2, -0.15) is 22.6 Å². The summed E-state index contributed by atoms with van der Waals surface area (Å²) < 4.78 is 70.5. The molecule has 0 saturated carbocycles. The molecule has 1 aromatic heterocycles. The molecule has 6 rings (SSSR count). The number of carbonyl (C=O) groups is 2. The van der Waals surface area contributed by atoms with Crippen molar-refractivity contribution in [2.75, 3.05) is 58.6 Å². The minimum atomic E-state index is -4.65. The number of piperidine rings is 1. The highest BCUT2D eigenvalue weighted by molar-refractivity contribution is 7.88. The number of β-amino-alcohol motifs (C(OH)–C–C–N with tert-alkyl or cyclic N) is 1. The lowest BCUT2D eigenvalue weighted by Crippen LogP contribution is -2.45. The highest BCUT2D eigenvalue weighted by Gasteiger charge is 2.35. The first-order valence-corrected chi connectivity index (χ1v) is 19.0. The molecule has 0 aliphatic carbocycles. The van der Waals surface area contributed by atoms with Gasteiger partial charge in [-0.3, -0.25) is 19.2 Å². The molecule has 49 heavy (non-hydrogen) atoms. The Kier molecular flexibility index (Phi) is 10.7. The van der Waals surface area contributed by atoms with E-state index in [1.54, 1.807) is 4.90 Å². The van der Waals surface area contributed by atoms with Crippen LogP contribution in [0.3, 0.4) is 0 Å². The van der Waals surface area contributed by atoms with Gasteiger partial charge in [0.1, 0.15) is 0 Å². The molecule has 16 heteroatoms. The fraction of sp³-hybridized carbons (Fsp3) is 0.667. The predicted molar refractivity (Wildman–Crippen MR) is 176 cm³/mol. The van der Waals surface area contributed by atoms with Gasteiger partial charge in [0.2, 0.25) is 21.8 Å². The summed E-state index contributed by atoms with van der Waals surface area (Å²) in [6.07, 6.45) is 1.22. The third-order valence-electron chi connectivity index (χ3n) is 10.3. The summed E-state index contributed by atoms with van der Waals surface area (Å²) in [6, 6.07) is 4.06. The van der Waals surface area contributed by atoms with Gasteiger partial charge in [0.05, 0.1) is 30.2 Å². The number of amides is 2. The monoisotopic (exact) mass is 709 g/mol. The number of halogens is 3. The van der Waals surface area contributed by atoms with Gasteiger partial charge >= 0.3 is 6.18 Å². The topological polar surface area (TPSA) is 131 Å². The number of carbonyl (C=O) groups excluding carboxylic acids is 2. The van der Waals surface area contributed by atoms with Gasteiger partial charge in [0, 0.05) is 94.6 Å². The van der Waals surface area contributed by atoms with Gasteiger partial charge in [-0.25, -0.2) is 8.42 Å². The first kappa shape index (κ1) is 35.8. The van der Waals surface area contributed by atoms with E-state index in [0.717, 1.165) is 69.9 Å². The van der Waals surface area contributed by atoms with E-state index in [9.17, 15) is 36.3 Å². The van der Waals surface area contributed by atoms with Crippen LogP contribution in [0, 0.1) is 0 Å². The van der Waals surface area contributed by atoms with Crippen LogP contribution in [-0.2, 0) is 51.8 Å². The maximum atomic E-state index is 14.1. The van der Waals surface area contributed by atoms with Crippen molar-refractivity contribution in [2.45, 2.75) is 82.9 Å². The maximum Gasteiger partial charge on any atom is 0.416 e. The third kappa shape index (κ3) is 8.47. The molecule has 4 aliphatic rings. The van der Waals surface area contributed by atoms with Crippen LogP contribution in [0.1, 0.15) is 60.9 Å². The second-order valence-electron chi connectivity index (χ2n) is 13.8. The van der Waals surface area contributed by atoms with Crippen LogP contribution in [-0.4, -0.2) is 125 Å². The number of alkyl halides is 3. The minimum Gasteiger partial charge on any atom is -0.392 e. The minimum absolute atomic E-state index is 0.0204. The molecule has 2 amide bonds. The van der Waals surface area contributed by atoms with Crippen molar-refractivity contribution in [1.82, 2.24) is 34.1 Å². The average Bonchev–Trinajstić information content (AvgIpc) is 3.77. The molecule has 1 atom stereocenters. The van der Waals surface area contributed by atoms with Gasteiger partial charge in [-0.05, 0) is 56.3 Å². The summed E-state index contributed by atoms with van der Waals surface area (Å²) >= 11 is 0. The Hall–Kier alpha value is -3.05. The fourth-order valence-electron chi connectivity index (χ4n) is 7.69. The Bertz CT molecular complexity index is 1640. The highest BCUT2D eigenvalue weighted by Crippen LogP contribution is 2.37. The smallest absolute Gasteiger partial charge is 0.392 e. The second-order valence-corrected chi connectivity index (χ2v) is 15.8. The first-order valence-electron chi connectivity index (χ1n) is 17.2. The van der Waals surface area contributed by atoms with E-state index < -0.39 is 33.8 Å². The van der Waals surface area contributed by atoms with Crippen molar-refractivity contribution >= 4 is 21.8 Å². The summed E-state index contributed by atoms with van der Waals surface area (Å²) in [5.41, 5.74) is 1.43. The largest absolute Gasteiger partial charge is 0.416 e. The van der Waals surface area contributed by atoms with E-state index >= 15 is 0 Å². The Morgan fingerprint density at radius 2 is 1.80 bits per heavy atom. The van der Waals surface area contributed by atoms with E-state index in [1.165, 1.54) is 16.4 Å². The molecule has 3 saturated heterocycles. The molecular weight excluding hydrogens is 663 g/mol. The number of likely N-dealkylation sites (tertiary alicyclic amines) is 3. The van der Waals surface area contributed by atoms with Crippen molar-refractivity contribution in [3.63, 3.8) is 0 Å². The molecule has 12 nitrogen and oxygen atoms in total. The summed E-state index contributed by atoms with van der Waals surface area (Å²) in [7, 11) is -3.52. The Morgan fingerprint density at radius 3 is 2.45 bits per heavy atom. The van der Waals surface area contributed by atoms with Gasteiger partial charge in [0.15, 0.2) is 0 Å². The Morgan fingerprint density at radius 1 is 1.04 bits per heavy atom. The number of fused-ring (bicyclic) bond motifs is 1. The van der Waals surface area contributed by atoms with Crippen molar-refractivity contribution in [2.24, 2.45) is 0 Å². The SMILES string of the molecule is CS(=O)(=O)N1CCc2c(c(-c3ccc(C(F)(F)F)c(CNC(=O)CN4CCC(O)C4)c3)nn2CCCN2CCC(N3CCCC3=O)CC2)C1. The van der Waals surface area contributed by atoms with Gasteiger partial charge in [-0.15, -0.1) is 0 Å². The second kappa shape index (κ2) is 14.7. The number of aryl methyl sites for hydroxylation is 1. The van der Waals surface area contributed by atoms with Crippen LogP contribution in [0.5, 0.6) is 0 Å². The molecule has 3 fully saturated rings. The standard InChI is InChI=1S/C33H46F3N7O5S/c1-49(47,48)41-17-10-29-27(21-41)32(38-43(29)13-3-11-39-14-7-25(8-15-39)42-12-2-4-31(42)46)23-5-6-28(33(34,35)36)24(18-23)19-37-30(45)22-40-16-9-26(44)20-40/h5-6,18,25-26,44H,2-4,7-17,19-22H2,1H3,(H,37,45). The predicted octanol–water partition coefficient (Wildman–Crippen LogP) is 2.05. The van der Waals surface area contributed by atoms with Crippen LogP contribution >= 0.6 is 0 Å². The van der Waals surface area contributed by atoms with Gasteiger partial charge in [0.25, 0.3) is 0 Å². The summed E-state index contributed by atoms with van der Waals surface area (Å²) in [5, 5.41) is 17.2. The van der Waals surface area contributed by atoms with E-state index in [1.807, 2.05) is 9.58 Å². The first-order chi connectivity index (χ1) is 23.3. The zero-order chi connectivity index (χ0) is 34.9. The van der Waals surface area contributed by atoms with Gasteiger partial charge < -0.3 is 20.2 Å². The van der Waals surface area contributed by atoms with Crippen LogP contribution in [0.15, 0.2) is 18.2 Å². The van der Waals surface area contributed by atoms with Crippen LogP contribution in [0.25, 0.3) is 11.3 Å². The molecule has 0 bridgehead atoms. The Labute approximate surface area is 285 Å². The molecule has 0 spiro atoms. The van der Waals surface area contributed by atoms with Crippen molar-refractivity contribution in [3.8, 4) is 11.3 Å². The van der Waals surface area contributed by atoms with E-state index in [2.05, 4.69) is 10.2 Å². The normalized spacial score (nSPS) is 21.9. The number of nitrogens with zero attached hydrogens (tertiary/aromatic N) is 6. The number of aliphatic hydroxyl groups is 1. The van der Waals surface area contributed by atoms with E-state index in [4.69, 9.17) is 5.10 Å². The lowest BCUT2D eigenvalue weighted by molar-refractivity contribution is -0.138. The fourth-order valence-corrected chi connectivity index (χ4v) is 8.48. The molecule has 0 radical (unpaired) electrons. The number of aliphatic hydroxyl groups excluding tert-OH is 1. The number of nitrogens with one attached hydrogen (secondary N) is 1. The zero-order valence-electron chi connectivity index (χ0n) is 27.9. The molecule has 2 N–H and O–H groups in total. The van der Waals surface area contributed by atoms with E-state index in [0.29, 0.717) is 61.8 Å². The molecule has 270 valence electrons. The zero-order valence-corrected chi connectivity index (χ0v) is 28.7. The number of benzene rings is 1. The number of rotatable bonds is 11. The number of sulfonamides is 1. The van der Waals surface area contributed by atoms with Crippen LogP contribution < -0.4 is 5.32 Å².